The molecule has 1 aliphatic rings. The molecule has 0 aliphatic heterocycles. The molecule has 3 aromatic heterocycles. The maximum absolute atomic E-state index is 13.2. The van der Waals surface area contributed by atoms with Crippen LogP contribution in [0.1, 0.15) is 43.6 Å². The first-order chi connectivity index (χ1) is 16.6. The lowest BCUT2D eigenvalue weighted by atomic mass is 10.0. The average molecular weight is 460 g/mol. The molecular formula is C24H25N7O3. The van der Waals surface area contributed by atoms with Crippen molar-refractivity contribution in [1.82, 2.24) is 34.7 Å². The second-order valence-electron chi connectivity index (χ2n) is 8.58. The van der Waals surface area contributed by atoms with Gasteiger partial charge in [0.1, 0.15) is 0 Å². The van der Waals surface area contributed by atoms with Gasteiger partial charge >= 0.3 is 11.7 Å². The number of nitrogens with one attached hydrogen (secondary N) is 1. The highest BCUT2D eigenvalue weighted by atomic mass is 16.4. The number of nitrogens with zero attached hydrogens (tertiary/aromatic N) is 6. The summed E-state index contributed by atoms with van der Waals surface area (Å²) >= 11 is 0. The number of rotatable bonds is 9. The van der Waals surface area contributed by atoms with Crippen molar-refractivity contribution in [3.8, 4) is 22.5 Å². The number of aromatic nitrogens is 7. The second kappa shape index (κ2) is 9.05. The molecule has 0 spiro atoms. The van der Waals surface area contributed by atoms with Crippen LogP contribution in [0.15, 0.2) is 53.6 Å². The Labute approximate surface area is 195 Å². The molecule has 2 unspecified atom stereocenters. The van der Waals surface area contributed by atoms with Gasteiger partial charge in [0.25, 0.3) is 0 Å². The SMILES string of the molecule is CCCCc1cn(C2CC2C(=O)O)c(=O)n1Cc1ccc(-c2ccccc2-c2nnn[nH]2)cn1. The Morgan fingerprint density at radius 3 is 2.68 bits per heavy atom. The quantitative estimate of drug-likeness (QED) is 0.393. The molecule has 0 radical (unpaired) electrons. The fourth-order valence-electron chi connectivity index (χ4n) is 4.32. The molecule has 0 saturated heterocycles. The van der Waals surface area contributed by atoms with E-state index in [4.69, 9.17) is 0 Å². The van der Waals surface area contributed by atoms with Crippen LogP contribution < -0.4 is 5.69 Å². The molecule has 3 heterocycles. The lowest BCUT2D eigenvalue weighted by Gasteiger charge is -2.09. The highest BCUT2D eigenvalue weighted by Gasteiger charge is 2.46. The number of pyridine rings is 1. The van der Waals surface area contributed by atoms with E-state index in [0.717, 1.165) is 47.3 Å². The molecule has 1 fully saturated rings. The summed E-state index contributed by atoms with van der Waals surface area (Å²) in [6.45, 7) is 2.44. The van der Waals surface area contributed by atoms with Crippen LogP contribution in [0.2, 0.25) is 0 Å². The van der Waals surface area contributed by atoms with Gasteiger partial charge in [-0.15, -0.1) is 5.10 Å². The summed E-state index contributed by atoms with van der Waals surface area (Å²) < 4.78 is 3.32. The maximum atomic E-state index is 13.2. The number of hydrogen-bond donors (Lipinski definition) is 2. The molecule has 2 atom stereocenters. The molecule has 1 aliphatic carbocycles. The summed E-state index contributed by atoms with van der Waals surface area (Å²) in [7, 11) is 0. The van der Waals surface area contributed by atoms with E-state index in [2.05, 4.69) is 32.5 Å². The van der Waals surface area contributed by atoms with Crippen molar-refractivity contribution >= 4 is 5.97 Å². The topological polar surface area (TPSA) is 132 Å². The zero-order valence-corrected chi connectivity index (χ0v) is 18.8. The van der Waals surface area contributed by atoms with Crippen LogP contribution in [0, 0.1) is 5.92 Å². The number of carboxylic acid groups (broad SMARTS) is 1. The molecular weight excluding hydrogens is 434 g/mol. The Morgan fingerprint density at radius 2 is 2.03 bits per heavy atom. The number of aromatic amines is 1. The van der Waals surface area contributed by atoms with Gasteiger partial charge in [-0.1, -0.05) is 43.7 Å². The Kier molecular flexibility index (Phi) is 5.79. The van der Waals surface area contributed by atoms with Crippen LogP contribution >= 0.6 is 0 Å². The third-order valence-corrected chi connectivity index (χ3v) is 6.29. The van der Waals surface area contributed by atoms with Crippen LogP contribution in [0.25, 0.3) is 22.5 Å². The molecule has 10 nitrogen and oxygen atoms in total. The van der Waals surface area contributed by atoms with Crippen LogP contribution in [0.3, 0.4) is 0 Å². The zero-order chi connectivity index (χ0) is 23.7. The molecule has 1 saturated carbocycles. The summed E-state index contributed by atoms with van der Waals surface area (Å²) in [4.78, 5) is 29.1. The average Bonchev–Trinajstić information content (AvgIpc) is 3.34. The van der Waals surface area contributed by atoms with Crippen LogP contribution in [-0.2, 0) is 17.8 Å². The number of hydrogen-bond acceptors (Lipinski definition) is 6. The number of unbranched alkanes of at least 4 members (excludes halogenated alkanes) is 1. The summed E-state index contributed by atoms with van der Waals surface area (Å²) in [6, 6.07) is 11.4. The highest BCUT2D eigenvalue weighted by Crippen LogP contribution is 2.42. The number of benzene rings is 1. The van der Waals surface area contributed by atoms with Crippen molar-refractivity contribution in [2.45, 2.75) is 45.2 Å². The summed E-state index contributed by atoms with van der Waals surface area (Å²) in [5.74, 6) is -0.754. The molecule has 4 aromatic rings. The molecule has 0 amide bonds. The number of carbonyl (C=O) groups is 1. The first kappa shape index (κ1) is 21.7. The number of tetrazole rings is 1. The smallest absolute Gasteiger partial charge is 0.328 e. The van der Waals surface area contributed by atoms with E-state index in [1.807, 2.05) is 42.6 Å². The van der Waals surface area contributed by atoms with Crippen molar-refractivity contribution in [3.05, 3.63) is 70.7 Å². The first-order valence-corrected chi connectivity index (χ1v) is 11.4. The number of carboxylic acids is 1. The summed E-state index contributed by atoms with van der Waals surface area (Å²) in [5, 5.41) is 23.4. The molecule has 10 heteroatoms. The van der Waals surface area contributed by atoms with Gasteiger partial charge in [-0.2, -0.15) is 0 Å². The van der Waals surface area contributed by atoms with E-state index in [9.17, 15) is 14.7 Å². The van der Waals surface area contributed by atoms with Gasteiger partial charge in [-0.3, -0.25) is 18.9 Å². The van der Waals surface area contributed by atoms with Crippen molar-refractivity contribution in [1.29, 1.82) is 0 Å². The van der Waals surface area contributed by atoms with Crippen molar-refractivity contribution < 1.29 is 9.90 Å². The van der Waals surface area contributed by atoms with E-state index < -0.39 is 11.9 Å². The van der Waals surface area contributed by atoms with Crippen LogP contribution in [-0.4, -0.2) is 45.8 Å². The van der Waals surface area contributed by atoms with E-state index in [0.29, 0.717) is 18.8 Å². The van der Waals surface area contributed by atoms with Crippen molar-refractivity contribution in [2.75, 3.05) is 0 Å². The van der Waals surface area contributed by atoms with Gasteiger partial charge in [-0.25, -0.2) is 9.89 Å². The van der Waals surface area contributed by atoms with Gasteiger partial charge < -0.3 is 5.11 Å². The zero-order valence-electron chi connectivity index (χ0n) is 18.8. The van der Waals surface area contributed by atoms with Gasteiger partial charge in [-0.05, 0) is 41.3 Å². The Bertz CT molecular complexity index is 1360. The largest absolute Gasteiger partial charge is 0.481 e. The van der Waals surface area contributed by atoms with Gasteiger partial charge in [0, 0.05) is 29.2 Å². The lowest BCUT2D eigenvalue weighted by molar-refractivity contribution is -0.138. The summed E-state index contributed by atoms with van der Waals surface area (Å²) in [6.07, 6.45) is 6.85. The Hall–Kier alpha value is -4.08. The van der Waals surface area contributed by atoms with Crippen molar-refractivity contribution in [3.63, 3.8) is 0 Å². The van der Waals surface area contributed by atoms with Crippen molar-refractivity contribution in [2.24, 2.45) is 5.92 Å². The monoisotopic (exact) mass is 459 g/mol. The third-order valence-electron chi connectivity index (χ3n) is 6.29. The fourth-order valence-corrected chi connectivity index (χ4v) is 4.32. The molecule has 174 valence electrons. The van der Waals surface area contributed by atoms with Crippen LogP contribution in [0.4, 0.5) is 0 Å². The normalized spacial score (nSPS) is 17.1. The lowest BCUT2D eigenvalue weighted by Crippen LogP contribution is -2.26. The molecule has 34 heavy (non-hydrogen) atoms. The minimum atomic E-state index is -0.849. The number of aryl methyl sites for hydroxylation is 1. The van der Waals surface area contributed by atoms with Gasteiger partial charge in [0.15, 0.2) is 5.82 Å². The number of H-pyrrole nitrogens is 1. The van der Waals surface area contributed by atoms with E-state index in [1.54, 1.807) is 15.3 Å². The summed E-state index contributed by atoms with van der Waals surface area (Å²) in [5.41, 5.74) is 4.22. The number of aliphatic carboxylic acids is 1. The highest BCUT2D eigenvalue weighted by molar-refractivity contribution is 5.79. The van der Waals surface area contributed by atoms with Gasteiger partial charge in [0.2, 0.25) is 0 Å². The predicted octanol–water partition coefficient (Wildman–Crippen LogP) is 2.93. The Morgan fingerprint density at radius 1 is 1.21 bits per heavy atom. The fraction of sp³-hybridized carbons (Fsp3) is 0.333. The molecule has 2 N–H and O–H groups in total. The molecule has 0 bridgehead atoms. The number of imidazole rings is 1. The second-order valence-corrected chi connectivity index (χ2v) is 8.58. The van der Waals surface area contributed by atoms with Crippen LogP contribution in [0.5, 0.6) is 0 Å². The predicted molar refractivity (Wildman–Crippen MR) is 124 cm³/mol. The molecule has 5 rings (SSSR count). The Balaban J connectivity index is 1.42. The minimum absolute atomic E-state index is 0.172. The van der Waals surface area contributed by atoms with E-state index in [1.165, 1.54) is 0 Å². The third kappa shape index (κ3) is 4.14. The van der Waals surface area contributed by atoms with Gasteiger partial charge in [0.05, 0.1) is 24.2 Å². The van der Waals surface area contributed by atoms with E-state index in [-0.39, 0.29) is 11.7 Å². The van der Waals surface area contributed by atoms with E-state index >= 15 is 0 Å². The minimum Gasteiger partial charge on any atom is -0.481 e. The first-order valence-electron chi connectivity index (χ1n) is 11.4. The standard InChI is InChI=1S/C24H25N7O3/c1-2-3-6-17-14-31(21-11-20(21)23(32)33)24(34)30(17)13-16-10-9-15(12-25-16)18-7-4-5-8-19(18)22-26-28-29-27-22/h4-5,7-10,12,14,20-21H,2-3,6,11,13H2,1H3,(H,32,33)(H,26,27,28,29). The maximum Gasteiger partial charge on any atom is 0.328 e. The molecule has 1 aromatic carbocycles.